The Morgan fingerprint density at radius 3 is 2.91 bits per heavy atom. The van der Waals surface area contributed by atoms with Crippen LogP contribution in [0, 0.1) is 5.92 Å². The van der Waals surface area contributed by atoms with Gasteiger partial charge >= 0.3 is 0 Å². The number of aromatic nitrogens is 2. The van der Waals surface area contributed by atoms with E-state index in [0.29, 0.717) is 23.7 Å². The highest BCUT2D eigenvalue weighted by Crippen LogP contribution is 2.26. The predicted molar refractivity (Wildman–Crippen MR) is 89.8 cm³/mol. The average molecular weight is 316 g/mol. The van der Waals surface area contributed by atoms with Crippen molar-refractivity contribution >= 4 is 11.8 Å². The molecule has 6 heteroatoms. The number of nitrogens with zero attached hydrogens (tertiary/aromatic N) is 2. The normalized spacial score (nSPS) is 12.1. The predicted octanol–water partition coefficient (Wildman–Crippen LogP) is 3.27. The Bertz CT molecular complexity index is 625. The lowest BCUT2D eigenvalue weighted by Crippen LogP contribution is -2.29. The maximum atomic E-state index is 12.5. The molecule has 0 aliphatic heterocycles. The fourth-order valence-electron chi connectivity index (χ4n) is 2.49. The number of amides is 1. The summed E-state index contributed by atoms with van der Waals surface area (Å²) in [4.78, 5) is 16.5. The van der Waals surface area contributed by atoms with Gasteiger partial charge in [-0.2, -0.15) is 0 Å². The molecule has 1 atom stereocenters. The van der Waals surface area contributed by atoms with Gasteiger partial charge in [0.2, 0.25) is 5.88 Å². The summed E-state index contributed by atoms with van der Waals surface area (Å²) < 4.78 is 5.01. The minimum atomic E-state index is -0.252. The molecule has 2 aromatic heterocycles. The summed E-state index contributed by atoms with van der Waals surface area (Å²) in [6.45, 7) is 4.94. The third kappa shape index (κ3) is 4.31. The number of anilines is 1. The standard InChI is InChI=1S/C17H24N4O2/c1-3-5-7-12(4-2)10-20-17(22)14-15(21-23-16(14)18)13-8-6-9-19-11-13/h6,8-9,11-12H,3-5,7,10,18H2,1-2H3,(H,20,22). The molecule has 2 rings (SSSR count). The minimum Gasteiger partial charge on any atom is -0.367 e. The Hall–Kier alpha value is -2.37. The highest BCUT2D eigenvalue weighted by atomic mass is 16.5. The van der Waals surface area contributed by atoms with E-state index in [-0.39, 0.29) is 17.4 Å². The lowest BCUT2D eigenvalue weighted by molar-refractivity contribution is 0.0947. The number of pyridine rings is 1. The molecule has 0 spiro atoms. The van der Waals surface area contributed by atoms with Crippen LogP contribution in [0.4, 0.5) is 5.88 Å². The van der Waals surface area contributed by atoms with Crippen molar-refractivity contribution in [1.29, 1.82) is 0 Å². The zero-order valence-corrected chi connectivity index (χ0v) is 13.7. The summed E-state index contributed by atoms with van der Waals surface area (Å²) in [6, 6.07) is 3.59. The first-order valence-electron chi connectivity index (χ1n) is 8.11. The topological polar surface area (TPSA) is 94.0 Å². The molecule has 0 aromatic carbocycles. The second kappa shape index (κ2) is 8.31. The highest BCUT2D eigenvalue weighted by molar-refractivity contribution is 6.03. The van der Waals surface area contributed by atoms with Gasteiger partial charge in [0.25, 0.3) is 5.91 Å². The van der Waals surface area contributed by atoms with Crippen LogP contribution in [0.1, 0.15) is 49.9 Å². The number of carbonyl (C=O) groups is 1. The molecule has 0 bridgehead atoms. The van der Waals surface area contributed by atoms with Gasteiger partial charge in [-0.3, -0.25) is 9.78 Å². The maximum absolute atomic E-state index is 12.5. The summed E-state index contributed by atoms with van der Waals surface area (Å²) in [7, 11) is 0. The van der Waals surface area contributed by atoms with Gasteiger partial charge in [-0.15, -0.1) is 0 Å². The molecule has 23 heavy (non-hydrogen) atoms. The summed E-state index contributed by atoms with van der Waals surface area (Å²) in [5.74, 6) is 0.252. The van der Waals surface area contributed by atoms with E-state index in [4.69, 9.17) is 10.3 Å². The number of carbonyl (C=O) groups excluding carboxylic acids is 1. The molecule has 1 unspecified atom stereocenters. The number of hydrogen-bond donors (Lipinski definition) is 2. The molecule has 0 aliphatic rings. The van der Waals surface area contributed by atoms with Crippen molar-refractivity contribution in [2.75, 3.05) is 12.3 Å². The fraction of sp³-hybridized carbons (Fsp3) is 0.471. The maximum Gasteiger partial charge on any atom is 0.259 e. The van der Waals surface area contributed by atoms with Crippen molar-refractivity contribution < 1.29 is 9.32 Å². The van der Waals surface area contributed by atoms with E-state index in [1.807, 2.05) is 6.07 Å². The van der Waals surface area contributed by atoms with Crippen LogP contribution in [0.3, 0.4) is 0 Å². The fourth-order valence-corrected chi connectivity index (χ4v) is 2.49. The molecule has 0 aliphatic carbocycles. The molecule has 0 saturated heterocycles. The smallest absolute Gasteiger partial charge is 0.259 e. The molecule has 0 saturated carbocycles. The van der Waals surface area contributed by atoms with Crippen molar-refractivity contribution in [3.63, 3.8) is 0 Å². The van der Waals surface area contributed by atoms with Gasteiger partial charge in [0, 0.05) is 24.5 Å². The van der Waals surface area contributed by atoms with E-state index in [1.165, 1.54) is 6.42 Å². The van der Waals surface area contributed by atoms with Crippen LogP contribution < -0.4 is 11.1 Å². The Labute approximate surface area is 136 Å². The Kier molecular flexibility index (Phi) is 6.14. The first kappa shape index (κ1) is 17.0. The van der Waals surface area contributed by atoms with Crippen LogP contribution in [0.5, 0.6) is 0 Å². The van der Waals surface area contributed by atoms with E-state index in [2.05, 4.69) is 29.3 Å². The molecule has 2 heterocycles. The van der Waals surface area contributed by atoms with Gasteiger partial charge in [-0.25, -0.2) is 0 Å². The van der Waals surface area contributed by atoms with Crippen LogP contribution in [0.15, 0.2) is 29.0 Å². The summed E-state index contributed by atoms with van der Waals surface area (Å²) in [6.07, 6.45) is 7.77. The summed E-state index contributed by atoms with van der Waals surface area (Å²) in [5, 5.41) is 6.86. The second-order valence-electron chi connectivity index (χ2n) is 5.64. The van der Waals surface area contributed by atoms with Gasteiger partial charge < -0.3 is 15.6 Å². The number of unbranched alkanes of at least 4 members (excludes halogenated alkanes) is 1. The number of nitrogens with one attached hydrogen (secondary N) is 1. The first-order valence-corrected chi connectivity index (χ1v) is 8.11. The largest absolute Gasteiger partial charge is 0.367 e. The van der Waals surface area contributed by atoms with Crippen LogP contribution in [0.25, 0.3) is 11.3 Å². The van der Waals surface area contributed by atoms with Gasteiger partial charge in [-0.1, -0.05) is 38.3 Å². The number of nitrogen functional groups attached to an aromatic ring is 1. The minimum absolute atomic E-state index is 0.0305. The van der Waals surface area contributed by atoms with Crippen LogP contribution in [-0.2, 0) is 0 Å². The molecule has 0 radical (unpaired) electrons. The van der Waals surface area contributed by atoms with E-state index < -0.39 is 0 Å². The highest BCUT2D eigenvalue weighted by Gasteiger charge is 2.23. The Balaban J connectivity index is 2.09. The molecule has 0 fully saturated rings. The summed E-state index contributed by atoms with van der Waals surface area (Å²) >= 11 is 0. The van der Waals surface area contributed by atoms with Gasteiger partial charge in [-0.05, 0) is 24.5 Å². The van der Waals surface area contributed by atoms with Crippen molar-refractivity contribution in [2.24, 2.45) is 5.92 Å². The Morgan fingerprint density at radius 2 is 2.26 bits per heavy atom. The first-order chi connectivity index (χ1) is 11.2. The zero-order valence-electron chi connectivity index (χ0n) is 13.7. The number of nitrogens with two attached hydrogens (primary N) is 1. The van der Waals surface area contributed by atoms with Gasteiger partial charge in [0.15, 0.2) is 0 Å². The van der Waals surface area contributed by atoms with E-state index in [9.17, 15) is 4.79 Å². The molecule has 2 aromatic rings. The average Bonchev–Trinajstić information content (AvgIpc) is 2.97. The van der Waals surface area contributed by atoms with Gasteiger partial charge in [0.05, 0.1) is 0 Å². The lowest BCUT2D eigenvalue weighted by Gasteiger charge is -2.15. The van der Waals surface area contributed by atoms with Crippen LogP contribution in [0.2, 0.25) is 0 Å². The molecule has 1 amide bonds. The lowest BCUT2D eigenvalue weighted by atomic mass is 9.99. The van der Waals surface area contributed by atoms with E-state index in [1.54, 1.807) is 18.5 Å². The SMILES string of the molecule is CCCCC(CC)CNC(=O)c1c(-c2cccnc2)noc1N. The van der Waals surface area contributed by atoms with Crippen molar-refractivity contribution in [2.45, 2.75) is 39.5 Å². The summed E-state index contributed by atoms with van der Waals surface area (Å²) in [5.41, 5.74) is 7.20. The number of hydrogen-bond acceptors (Lipinski definition) is 5. The molecule has 6 nitrogen and oxygen atoms in total. The van der Waals surface area contributed by atoms with E-state index >= 15 is 0 Å². The molecular formula is C17H24N4O2. The third-order valence-corrected chi connectivity index (χ3v) is 3.98. The van der Waals surface area contributed by atoms with Gasteiger partial charge in [0.1, 0.15) is 11.3 Å². The monoisotopic (exact) mass is 316 g/mol. The molecular weight excluding hydrogens is 292 g/mol. The Morgan fingerprint density at radius 1 is 1.43 bits per heavy atom. The van der Waals surface area contributed by atoms with Crippen LogP contribution in [-0.4, -0.2) is 22.6 Å². The molecule has 3 N–H and O–H groups in total. The van der Waals surface area contributed by atoms with Crippen molar-refractivity contribution in [3.05, 3.63) is 30.1 Å². The second-order valence-corrected chi connectivity index (χ2v) is 5.64. The van der Waals surface area contributed by atoms with E-state index in [0.717, 1.165) is 19.3 Å². The van der Waals surface area contributed by atoms with Crippen molar-refractivity contribution in [3.8, 4) is 11.3 Å². The van der Waals surface area contributed by atoms with Crippen molar-refractivity contribution in [1.82, 2.24) is 15.5 Å². The zero-order chi connectivity index (χ0) is 16.7. The number of rotatable bonds is 8. The van der Waals surface area contributed by atoms with Crippen LogP contribution >= 0.6 is 0 Å². The third-order valence-electron chi connectivity index (χ3n) is 3.98. The quantitative estimate of drug-likeness (QED) is 0.779. The molecule has 124 valence electrons.